The Hall–Kier alpha value is -1.66. The Morgan fingerprint density at radius 2 is 2.00 bits per heavy atom. The highest BCUT2D eigenvalue weighted by Crippen LogP contribution is 2.01. The van der Waals surface area contributed by atoms with Crippen molar-refractivity contribution in [3.05, 3.63) is 24.8 Å². The van der Waals surface area contributed by atoms with Crippen LogP contribution in [0.15, 0.2) is 24.8 Å². The van der Waals surface area contributed by atoms with Crippen molar-refractivity contribution in [1.82, 2.24) is 0 Å². The van der Waals surface area contributed by atoms with Crippen LogP contribution in [0.25, 0.3) is 0 Å². The van der Waals surface area contributed by atoms with Crippen molar-refractivity contribution in [1.29, 1.82) is 0 Å². The van der Waals surface area contributed by atoms with E-state index in [1.807, 2.05) is 0 Å². The van der Waals surface area contributed by atoms with Crippen molar-refractivity contribution in [2.24, 2.45) is 0 Å². The maximum absolute atomic E-state index is 11.3. The van der Waals surface area contributed by atoms with Gasteiger partial charge in [-0.1, -0.05) is 13.2 Å². The van der Waals surface area contributed by atoms with E-state index in [0.717, 1.165) is 6.08 Å². The van der Waals surface area contributed by atoms with Crippen LogP contribution in [0.1, 0.15) is 13.8 Å². The van der Waals surface area contributed by atoms with Crippen molar-refractivity contribution in [3.63, 3.8) is 0 Å². The first-order valence-electron chi connectivity index (χ1n) is 5.86. The molecule has 0 spiro atoms. The van der Waals surface area contributed by atoms with Gasteiger partial charge in [-0.25, -0.2) is 9.59 Å². The van der Waals surface area contributed by atoms with Crippen LogP contribution in [0, 0.1) is 0 Å². The van der Waals surface area contributed by atoms with Crippen molar-refractivity contribution < 1.29 is 28.5 Å². The number of ether oxygens (including phenoxy) is 4. The summed E-state index contributed by atoms with van der Waals surface area (Å²) in [5, 5.41) is 0. The molecule has 1 atom stereocenters. The van der Waals surface area contributed by atoms with Gasteiger partial charge in [0.15, 0.2) is 0 Å². The van der Waals surface area contributed by atoms with Gasteiger partial charge in [-0.15, -0.1) is 0 Å². The van der Waals surface area contributed by atoms with Gasteiger partial charge in [0.05, 0.1) is 6.61 Å². The largest absolute Gasteiger partial charge is 0.460 e. The number of hydrogen-bond acceptors (Lipinski definition) is 6. The van der Waals surface area contributed by atoms with Crippen LogP contribution in [0.3, 0.4) is 0 Å². The Morgan fingerprint density at radius 1 is 1.32 bits per heavy atom. The quantitative estimate of drug-likeness (QED) is 0.258. The molecule has 0 saturated heterocycles. The zero-order valence-corrected chi connectivity index (χ0v) is 11.3. The molecule has 0 aliphatic carbocycles. The van der Waals surface area contributed by atoms with E-state index in [1.54, 1.807) is 13.8 Å². The fourth-order valence-electron chi connectivity index (χ4n) is 0.962. The summed E-state index contributed by atoms with van der Waals surface area (Å²) in [6.07, 6.45) is 0.266. The lowest BCUT2D eigenvalue weighted by atomic mass is 10.4. The van der Waals surface area contributed by atoms with Crippen LogP contribution < -0.4 is 0 Å². The molecule has 0 heterocycles. The summed E-state index contributed by atoms with van der Waals surface area (Å²) in [5.41, 5.74) is 0.282. The molecule has 0 aromatic rings. The standard InChI is InChI=1S/C13H20O6/c1-5-11(14)18-8-7-16-9-12(17-6-2)19-13(15)10(3)4/h5,12H,1,3,6-9H2,2,4H3. The minimum atomic E-state index is -0.802. The number of carbonyl (C=O) groups is 2. The summed E-state index contributed by atoms with van der Waals surface area (Å²) in [7, 11) is 0. The molecular formula is C13H20O6. The van der Waals surface area contributed by atoms with Crippen molar-refractivity contribution in [3.8, 4) is 0 Å². The minimum Gasteiger partial charge on any atom is -0.460 e. The molecule has 0 N–H and O–H groups in total. The molecule has 0 radical (unpaired) electrons. The van der Waals surface area contributed by atoms with Gasteiger partial charge < -0.3 is 18.9 Å². The normalized spacial score (nSPS) is 11.5. The van der Waals surface area contributed by atoms with Gasteiger partial charge in [0.1, 0.15) is 13.2 Å². The minimum absolute atomic E-state index is 0.0541. The second-order valence-electron chi connectivity index (χ2n) is 3.52. The summed E-state index contributed by atoms with van der Waals surface area (Å²) in [6.45, 7) is 10.7. The molecule has 0 aliphatic rings. The maximum Gasteiger partial charge on any atom is 0.335 e. The maximum atomic E-state index is 11.3. The van der Waals surface area contributed by atoms with Crippen LogP contribution in [0.2, 0.25) is 0 Å². The molecule has 0 saturated carbocycles. The number of esters is 2. The molecule has 6 nitrogen and oxygen atoms in total. The van der Waals surface area contributed by atoms with Gasteiger partial charge in [0, 0.05) is 18.3 Å². The summed E-state index contributed by atoms with van der Waals surface area (Å²) >= 11 is 0. The average Bonchev–Trinajstić information content (AvgIpc) is 2.37. The first-order chi connectivity index (χ1) is 9.01. The monoisotopic (exact) mass is 272 g/mol. The number of hydrogen-bond donors (Lipinski definition) is 0. The number of carbonyl (C=O) groups excluding carboxylic acids is 2. The summed E-state index contributed by atoms with van der Waals surface area (Å²) < 4.78 is 20.1. The molecule has 0 aromatic heterocycles. The lowest BCUT2D eigenvalue weighted by Gasteiger charge is -2.17. The van der Waals surface area contributed by atoms with E-state index in [9.17, 15) is 9.59 Å². The van der Waals surface area contributed by atoms with E-state index >= 15 is 0 Å². The Morgan fingerprint density at radius 3 is 2.53 bits per heavy atom. The van der Waals surface area contributed by atoms with Crippen LogP contribution in [-0.4, -0.2) is 44.7 Å². The SMILES string of the molecule is C=CC(=O)OCCOCC(OCC)OC(=O)C(=C)C. The smallest absolute Gasteiger partial charge is 0.335 e. The lowest BCUT2D eigenvalue weighted by molar-refractivity contribution is -0.186. The van der Waals surface area contributed by atoms with Gasteiger partial charge >= 0.3 is 11.9 Å². The summed E-state index contributed by atoms with van der Waals surface area (Å²) in [4.78, 5) is 22.0. The highest BCUT2D eigenvalue weighted by atomic mass is 16.7. The third-order valence-electron chi connectivity index (χ3n) is 1.83. The Labute approximate surface area is 113 Å². The van der Waals surface area contributed by atoms with E-state index in [1.165, 1.54) is 0 Å². The summed E-state index contributed by atoms with van der Waals surface area (Å²) in [6, 6.07) is 0. The molecule has 0 amide bonds. The van der Waals surface area contributed by atoms with Gasteiger partial charge in [0.25, 0.3) is 0 Å². The molecule has 108 valence electrons. The second kappa shape index (κ2) is 10.3. The zero-order chi connectivity index (χ0) is 14.7. The number of rotatable bonds is 10. The fourth-order valence-corrected chi connectivity index (χ4v) is 0.962. The molecule has 1 unspecified atom stereocenters. The van der Waals surface area contributed by atoms with E-state index in [0.29, 0.717) is 6.61 Å². The Kier molecular flexibility index (Phi) is 9.38. The molecule has 0 aromatic carbocycles. The van der Waals surface area contributed by atoms with E-state index in [2.05, 4.69) is 13.2 Å². The molecular weight excluding hydrogens is 252 g/mol. The third kappa shape index (κ3) is 8.98. The van der Waals surface area contributed by atoms with E-state index < -0.39 is 18.2 Å². The third-order valence-corrected chi connectivity index (χ3v) is 1.83. The zero-order valence-electron chi connectivity index (χ0n) is 11.3. The molecule has 0 aliphatic heterocycles. The predicted octanol–water partition coefficient (Wildman–Crippen LogP) is 1.21. The topological polar surface area (TPSA) is 71.1 Å². The van der Waals surface area contributed by atoms with Gasteiger partial charge in [-0.2, -0.15) is 0 Å². The van der Waals surface area contributed by atoms with Crippen LogP contribution >= 0.6 is 0 Å². The van der Waals surface area contributed by atoms with Gasteiger partial charge in [-0.3, -0.25) is 0 Å². The second-order valence-corrected chi connectivity index (χ2v) is 3.52. The van der Waals surface area contributed by atoms with E-state index in [-0.39, 0.29) is 25.4 Å². The first kappa shape index (κ1) is 17.3. The van der Waals surface area contributed by atoms with Crippen molar-refractivity contribution >= 4 is 11.9 Å². The molecule has 0 bridgehead atoms. The van der Waals surface area contributed by atoms with Crippen LogP contribution in [0.4, 0.5) is 0 Å². The molecule has 19 heavy (non-hydrogen) atoms. The molecule has 6 heteroatoms. The van der Waals surface area contributed by atoms with E-state index in [4.69, 9.17) is 18.9 Å². The highest BCUT2D eigenvalue weighted by molar-refractivity contribution is 5.87. The van der Waals surface area contributed by atoms with Crippen molar-refractivity contribution in [2.75, 3.05) is 26.4 Å². The fraction of sp³-hybridized carbons (Fsp3) is 0.538. The first-order valence-corrected chi connectivity index (χ1v) is 5.86. The van der Waals surface area contributed by atoms with Crippen molar-refractivity contribution in [2.45, 2.75) is 20.1 Å². The lowest BCUT2D eigenvalue weighted by Crippen LogP contribution is -2.27. The van der Waals surface area contributed by atoms with Crippen LogP contribution in [-0.2, 0) is 28.5 Å². The highest BCUT2D eigenvalue weighted by Gasteiger charge is 2.15. The molecule has 0 fully saturated rings. The Bertz CT molecular complexity index is 323. The van der Waals surface area contributed by atoms with Gasteiger partial charge in [-0.05, 0) is 13.8 Å². The Balaban J connectivity index is 3.88. The predicted molar refractivity (Wildman–Crippen MR) is 68.3 cm³/mol. The van der Waals surface area contributed by atoms with Crippen LogP contribution in [0.5, 0.6) is 0 Å². The summed E-state index contributed by atoms with van der Waals surface area (Å²) in [5.74, 6) is -1.06. The average molecular weight is 272 g/mol. The molecule has 0 rings (SSSR count). The van der Waals surface area contributed by atoms with Gasteiger partial charge in [0.2, 0.25) is 6.29 Å².